The van der Waals surface area contributed by atoms with Crippen molar-refractivity contribution in [3.63, 3.8) is 0 Å². The van der Waals surface area contributed by atoms with Crippen LogP contribution in [0.25, 0.3) is 0 Å². The monoisotopic (exact) mass is 300 g/mol. The first-order valence-electron chi connectivity index (χ1n) is 7.99. The second-order valence-electron chi connectivity index (χ2n) is 7.64. The molecule has 0 saturated heterocycles. The van der Waals surface area contributed by atoms with Gasteiger partial charge in [-0.3, -0.25) is 4.79 Å². The predicted octanol–water partition coefficient (Wildman–Crippen LogP) is 2.67. The molecule has 4 heteroatoms. The average Bonchev–Trinajstić information content (AvgIpc) is 2.35. The van der Waals surface area contributed by atoms with Gasteiger partial charge in [-0.15, -0.1) is 12.4 Å². The van der Waals surface area contributed by atoms with Crippen LogP contribution >= 0.6 is 12.4 Å². The Bertz CT molecular complexity index is 343. The van der Waals surface area contributed by atoms with Gasteiger partial charge in [-0.25, -0.2) is 0 Å². The summed E-state index contributed by atoms with van der Waals surface area (Å²) in [4.78, 5) is 14.5. The van der Waals surface area contributed by atoms with Crippen LogP contribution in [0.2, 0.25) is 0 Å². The lowest BCUT2D eigenvalue weighted by atomic mass is 9.54. The van der Waals surface area contributed by atoms with Crippen molar-refractivity contribution >= 4 is 18.3 Å². The molecule has 116 valence electrons. The molecule has 1 atom stereocenters. The number of carbonyl (C=O) groups excluding carboxylic acids is 1. The van der Waals surface area contributed by atoms with E-state index in [2.05, 4.69) is 0 Å². The van der Waals surface area contributed by atoms with Gasteiger partial charge in [0.25, 0.3) is 0 Å². The first kappa shape index (κ1) is 16.1. The zero-order valence-electron chi connectivity index (χ0n) is 12.9. The molecule has 3 nitrogen and oxygen atoms in total. The number of likely N-dealkylation sites (N-methyl/N-ethyl adjacent to an activating group) is 1. The molecular weight excluding hydrogens is 272 g/mol. The maximum absolute atomic E-state index is 12.5. The molecule has 0 aliphatic heterocycles. The molecule has 0 spiro atoms. The summed E-state index contributed by atoms with van der Waals surface area (Å²) in [5, 5.41) is 0. The minimum absolute atomic E-state index is 0. The summed E-state index contributed by atoms with van der Waals surface area (Å²) in [5.74, 6) is 3.82. The van der Waals surface area contributed by atoms with Crippen LogP contribution in [-0.2, 0) is 4.79 Å². The first-order valence-corrected chi connectivity index (χ1v) is 7.99. The van der Waals surface area contributed by atoms with E-state index in [1.807, 2.05) is 25.8 Å². The van der Waals surface area contributed by atoms with E-state index >= 15 is 0 Å². The Kier molecular flexibility index (Phi) is 4.70. The van der Waals surface area contributed by atoms with Crippen LogP contribution in [0.3, 0.4) is 0 Å². The SMILES string of the molecule is CC(C)C(N)C(=O)N(C)C1C2CC3CC(C2)CC1C3.Cl. The van der Waals surface area contributed by atoms with Crippen molar-refractivity contribution in [1.82, 2.24) is 4.90 Å². The second kappa shape index (κ2) is 5.84. The topological polar surface area (TPSA) is 46.3 Å². The number of rotatable bonds is 3. The lowest BCUT2D eigenvalue weighted by Gasteiger charge is -2.56. The van der Waals surface area contributed by atoms with Gasteiger partial charge in [0.15, 0.2) is 0 Å². The minimum Gasteiger partial charge on any atom is -0.341 e. The van der Waals surface area contributed by atoms with Crippen molar-refractivity contribution in [3.8, 4) is 0 Å². The molecular formula is C16H29ClN2O. The van der Waals surface area contributed by atoms with Crippen molar-refractivity contribution < 1.29 is 4.79 Å². The number of halogens is 1. The van der Waals surface area contributed by atoms with Crippen LogP contribution < -0.4 is 5.73 Å². The van der Waals surface area contributed by atoms with E-state index in [0.29, 0.717) is 6.04 Å². The lowest BCUT2D eigenvalue weighted by molar-refractivity contribution is -0.143. The molecule has 4 aliphatic carbocycles. The minimum atomic E-state index is -0.331. The van der Waals surface area contributed by atoms with Gasteiger partial charge < -0.3 is 10.6 Å². The van der Waals surface area contributed by atoms with Crippen LogP contribution in [0.5, 0.6) is 0 Å². The highest BCUT2D eigenvalue weighted by Gasteiger charge is 2.50. The molecule has 20 heavy (non-hydrogen) atoms. The third kappa shape index (κ3) is 2.59. The normalized spacial score (nSPS) is 39.5. The summed E-state index contributed by atoms with van der Waals surface area (Å²) in [5.41, 5.74) is 6.06. The maximum Gasteiger partial charge on any atom is 0.239 e. The van der Waals surface area contributed by atoms with Crippen LogP contribution in [0.4, 0.5) is 0 Å². The lowest BCUT2D eigenvalue weighted by Crippen LogP contribution is -2.59. The van der Waals surface area contributed by atoms with Crippen molar-refractivity contribution in [2.24, 2.45) is 35.3 Å². The summed E-state index contributed by atoms with van der Waals surface area (Å²) < 4.78 is 0. The van der Waals surface area contributed by atoms with Gasteiger partial charge in [0.1, 0.15) is 0 Å². The van der Waals surface area contributed by atoms with E-state index in [1.165, 1.54) is 32.1 Å². The van der Waals surface area contributed by atoms with E-state index < -0.39 is 0 Å². The molecule has 0 aromatic carbocycles. The van der Waals surface area contributed by atoms with E-state index in [-0.39, 0.29) is 30.3 Å². The first-order chi connectivity index (χ1) is 8.97. The Labute approximate surface area is 129 Å². The Morgan fingerprint density at radius 1 is 1.05 bits per heavy atom. The molecule has 4 rings (SSSR count). The maximum atomic E-state index is 12.5. The van der Waals surface area contributed by atoms with Gasteiger partial charge in [-0.1, -0.05) is 13.8 Å². The summed E-state index contributed by atoms with van der Waals surface area (Å²) in [6, 6.07) is 0.146. The van der Waals surface area contributed by atoms with Crippen LogP contribution in [0, 0.1) is 29.6 Å². The number of nitrogens with zero attached hydrogens (tertiary/aromatic N) is 1. The fourth-order valence-electron chi connectivity index (χ4n) is 5.20. The van der Waals surface area contributed by atoms with E-state index in [9.17, 15) is 4.79 Å². The van der Waals surface area contributed by atoms with Gasteiger partial charge in [-0.2, -0.15) is 0 Å². The number of amides is 1. The number of hydrogen-bond acceptors (Lipinski definition) is 2. The molecule has 1 amide bonds. The number of carbonyl (C=O) groups is 1. The smallest absolute Gasteiger partial charge is 0.239 e. The highest BCUT2D eigenvalue weighted by atomic mass is 35.5. The van der Waals surface area contributed by atoms with Gasteiger partial charge in [0.05, 0.1) is 6.04 Å². The summed E-state index contributed by atoms with van der Waals surface area (Å²) in [6.45, 7) is 4.07. The molecule has 4 saturated carbocycles. The van der Waals surface area contributed by atoms with Gasteiger partial charge in [0, 0.05) is 13.1 Å². The molecule has 0 aromatic heterocycles. The molecule has 0 radical (unpaired) electrons. The van der Waals surface area contributed by atoms with Gasteiger partial charge >= 0.3 is 0 Å². The fraction of sp³-hybridized carbons (Fsp3) is 0.938. The molecule has 2 N–H and O–H groups in total. The van der Waals surface area contributed by atoms with E-state index in [1.54, 1.807) is 0 Å². The highest BCUT2D eigenvalue weighted by molar-refractivity contribution is 5.85. The molecule has 4 aliphatic rings. The van der Waals surface area contributed by atoms with E-state index in [4.69, 9.17) is 5.73 Å². The third-order valence-corrected chi connectivity index (χ3v) is 5.98. The van der Waals surface area contributed by atoms with Crippen molar-refractivity contribution in [3.05, 3.63) is 0 Å². The summed E-state index contributed by atoms with van der Waals surface area (Å²) in [7, 11) is 2.00. The largest absolute Gasteiger partial charge is 0.341 e. The second-order valence-corrected chi connectivity index (χ2v) is 7.64. The predicted molar refractivity (Wildman–Crippen MR) is 83.7 cm³/mol. The van der Waals surface area contributed by atoms with Crippen molar-refractivity contribution in [2.75, 3.05) is 7.05 Å². The number of nitrogens with two attached hydrogens (primary N) is 1. The fourth-order valence-corrected chi connectivity index (χ4v) is 5.20. The zero-order chi connectivity index (χ0) is 13.7. The third-order valence-electron chi connectivity index (χ3n) is 5.98. The van der Waals surface area contributed by atoms with Crippen molar-refractivity contribution in [1.29, 1.82) is 0 Å². The zero-order valence-corrected chi connectivity index (χ0v) is 13.7. The Hall–Kier alpha value is -0.280. The summed E-state index contributed by atoms with van der Waals surface area (Å²) in [6.07, 6.45) is 6.87. The molecule has 4 bridgehead atoms. The quantitative estimate of drug-likeness (QED) is 0.871. The molecule has 0 aromatic rings. The van der Waals surface area contributed by atoms with Crippen LogP contribution in [0.1, 0.15) is 46.0 Å². The van der Waals surface area contributed by atoms with Crippen molar-refractivity contribution in [2.45, 2.75) is 58.0 Å². The standard InChI is InChI=1S/C16H28N2O.ClH/c1-9(2)14(17)16(19)18(3)15-12-5-10-4-11(7-12)8-13(15)6-10;/h9-15H,4-8,17H2,1-3H3;1H. The Morgan fingerprint density at radius 3 is 1.90 bits per heavy atom. The summed E-state index contributed by atoms with van der Waals surface area (Å²) >= 11 is 0. The number of hydrogen-bond donors (Lipinski definition) is 1. The highest BCUT2D eigenvalue weighted by Crippen LogP contribution is 2.55. The molecule has 4 fully saturated rings. The molecule has 0 heterocycles. The van der Waals surface area contributed by atoms with Crippen LogP contribution in [0.15, 0.2) is 0 Å². The average molecular weight is 301 g/mol. The van der Waals surface area contributed by atoms with Crippen LogP contribution in [-0.4, -0.2) is 29.9 Å². The van der Waals surface area contributed by atoms with Gasteiger partial charge in [-0.05, 0) is 61.7 Å². The molecule has 1 unspecified atom stereocenters. The Balaban J connectivity index is 0.00000147. The Morgan fingerprint density at radius 2 is 1.50 bits per heavy atom. The van der Waals surface area contributed by atoms with Gasteiger partial charge in [0.2, 0.25) is 5.91 Å². The van der Waals surface area contributed by atoms with E-state index in [0.717, 1.165) is 23.7 Å².